The van der Waals surface area contributed by atoms with Gasteiger partial charge in [-0.2, -0.15) is 0 Å². The summed E-state index contributed by atoms with van der Waals surface area (Å²) in [5, 5.41) is 0. The molecular weight excluding hydrogens is 290 g/mol. The lowest BCUT2D eigenvalue weighted by molar-refractivity contribution is -0.135. The summed E-state index contributed by atoms with van der Waals surface area (Å²) in [6.45, 7) is 6.43. The number of ether oxygens (including phenoxy) is 2. The fraction of sp³-hybridized carbons (Fsp3) is 0.632. The van der Waals surface area contributed by atoms with Crippen LogP contribution in [-0.2, 0) is 11.2 Å². The van der Waals surface area contributed by atoms with Crippen LogP contribution >= 0.6 is 0 Å². The van der Waals surface area contributed by atoms with Crippen molar-refractivity contribution in [1.29, 1.82) is 0 Å². The van der Waals surface area contributed by atoms with E-state index in [4.69, 9.17) is 9.47 Å². The third-order valence-electron chi connectivity index (χ3n) is 5.39. The fourth-order valence-corrected chi connectivity index (χ4v) is 3.70. The lowest BCUT2D eigenvalue weighted by Crippen LogP contribution is -2.46. The Hall–Kier alpha value is -1.55. The molecule has 1 aromatic rings. The van der Waals surface area contributed by atoms with Gasteiger partial charge in [0.25, 0.3) is 0 Å². The highest BCUT2D eigenvalue weighted by molar-refractivity contribution is 5.76. The fourth-order valence-electron chi connectivity index (χ4n) is 3.70. The summed E-state index contributed by atoms with van der Waals surface area (Å²) in [7, 11) is 3.73. The molecule has 0 saturated heterocycles. The molecule has 0 bridgehead atoms. The lowest BCUT2D eigenvalue weighted by atomic mass is 9.73. The summed E-state index contributed by atoms with van der Waals surface area (Å²) < 4.78 is 12.1. The molecular formula is C19H27NO3. The van der Waals surface area contributed by atoms with Crippen molar-refractivity contribution in [3.63, 3.8) is 0 Å². The average Bonchev–Trinajstić information content (AvgIpc) is 2.46. The molecule has 0 amide bonds. The van der Waals surface area contributed by atoms with Gasteiger partial charge in [-0.05, 0) is 83.7 Å². The molecule has 0 radical (unpaired) electrons. The molecule has 4 nitrogen and oxygen atoms in total. The molecule has 1 spiro atoms. The zero-order chi connectivity index (χ0) is 16.8. The van der Waals surface area contributed by atoms with Crippen molar-refractivity contribution < 1.29 is 14.3 Å². The van der Waals surface area contributed by atoms with E-state index in [-0.39, 0.29) is 18.1 Å². The highest BCUT2D eigenvalue weighted by Gasteiger charge is 2.43. The van der Waals surface area contributed by atoms with E-state index in [9.17, 15) is 4.79 Å². The van der Waals surface area contributed by atoms with Crippen molar-refractivity contribution in [3.8, 4) is 11.5 Å². The van der Waals surface area contributed by atoms with E-state index in [1.165, 1.54) is 24.8 Å². The third-order valence-corrected chi connectivity index (χ3v) is 5.39. The molecule has 2 aliphatic rings. The molecule has 1 saturated carbocycles. The molecule has 126 valence electrons. The molecule has 3 rings (SSSR count). The monoisotopic (exact) mass is 317 g/mol. The zero-order valence-corrected chi connectivity index (χ0v) is 14.9. The highest BCUT2D eigenvalue weighted by Crippen LogP contribution is 2.49. The number of benzene rings is 1. The SMILES string of the molecule is Cc1c(C)c2c(c(C)c1OC(=O)CN(C)C)CCC1(CCC1)O2. The van der Waals surface area contributed by atoms with Gasteiger partial charge in [0.1, 0.15) is 17.1 Å². The van der Waals surface area contributed by atoms with E-state index in [1.54, 1.807) is 0 Å². The van der Waals surface area contributed by atoms with E-state index < -0.39 is 0 Å². The first-order valence-corrected chi connectivity index (χ1v) is 8.50. The van der Waals surface area contributed by atoms with E-state index >= 15 is 0 Å². The molecule has 0 aromatic heterocycles. The number of carbonyl (C=O) groups is 1. The second-order valence-corrected chi connectivity index (χ2v) is 7.36. The standard InChI is InChI=1S/C19H27NO3/c1-12-13(2)18-15(7-10-19(23-18)8-6-9-19)14(3)17(12)22-16(21)11-20(4)5/h6-11H2,1-5H3. The normalized spacial score (nSPS) is 18.3. The summed E-state index contributed by atoms with van der Waals surface area (Å²) >= 11 is 0. The number of likely N-dealkylation sites (N-methyl/N-ethyl adjacent to an activating group) is 1. The van der Waals surface area contributed by atoms with Crippen molar-refractivity contribution >= 4 is 5.97 Å². The second kappa shape index (κ2) is 5.82. The van der Waals surface area contributed by atoms with Gasteiger partial charge in [0, 0.05) is 5.56 Å². The number of esters is 1. The maximum Gasteiger partial charge on any atom is 0.325 e. The van der Waals surface area contributed by atoms with Crippen LogP contribution in [0, 0.1) is 20.8 Å². The first kappa shape index (κ1) is 16.3. The Balaban J connectivity index is 1.94. The highest BCUT2D eigenvalue weighted by atomic mass is 16.5. The van der Waals surface area contributed by atoms with Crippen LogP contribution in [0.3, 0.4) is 0 Å². The van der Waals surface area contributed by atoms with Crippen molar-refractivity contribution in [2.75, 3.05) is 20.6 Å². The van der Waals surface area contributed by atoms with Gasteiger partial charge in [-0.15, -0.1) is 0 Å². The molecule has 23 heavy (non-hydrogen) atoms. The zero-order valence-electron chi connectivity index (χ0n) is 14.9. The van der Waals surface area contributed by atoms with Crippen LogP contribution in [0.2, 0.25) is 0 Å². The Morgan fingerprint density at radius 2 is 1.83 bits per heavy atom. The van der Waals surface area contributed by atoms with Crippen molar-refractivity contribution in [1.82, 2.24) is 4.90 Å². The topological polar surface area (TPSA) is 38.8 Å². The molecule has 1 heterocycles. The number of fused-ring (bicyclic) bond motifs is 1. The van der Waals surface area contributed by atoms with E-state index in [2.05, 4.69) is 6.92 Å². The maximum atomic E-state index is 12.1. The van der Waals surface area contributed by atoms with Gasteiger partial charge < -0.3 is 9.47 Å². The number of rotatable bonds is 3. The Bertz CT molecular complexity index is 645. The summed E-state index contributed by atoms with van der Waals surface area (Å²) in [5.74, 6) is 1.55. The summed E-state index contributed by atoms with van der Waals surface area (Å²) in [6, 6.07) is 0. The smallest absolute Gasteiger partial charge is 0.325 e. The van der Waals surface area contributed by atoms with Gasteiger partial charge in [0.05, 0.1) is 6.54 Å². The molecule has 4 heteroatoms. The number of carbonyl (C=O) groups excluding carboxylic acids is 1. The van der Waals surface area contributed by atoms with Crippen LogP contribution in [0.1, 0.15) is 47.9 Å². The molecule has 1 aliphatic carbocycles. The van der Waals surface area contributed by atoms with Crippen molar-refractivity contribution in [2.45, 2.75) is 58.5 Å². The van der Waals surface area contributed by atoms with Gasteiger partial charge in [-0.1, -0.05) is 0 Å². The molecule has 1 aliphatic heterocycles. The number of nitrogens with zero attached hydrogens (tertiary/aromatic N) is 1. The van der Waals surface area contributed by atoms with Crippen LogP contribution in [0.25, 0.3) is 0 Å². The first-order chi connectivity index (χ1) is 10.8. The van der Waals surface area contributed by atoms with E-state index in [0.717, 1.165) is 41.0 Å². The van der Waals surface area contributed by atoms with Gasteiger partial charge in [0.15, 0.2) is 0 Å². The minimum Gasteiger partial charge on any atom is -0.487 e. The van der Waals surface area contributed by atoms with Crippen LogP contribution in [0.15, 0.2) is 0 Å². The van der Waals surface area contributed by atoms with Gasteiger partial charge in [-0.25, -0.2) is 0 Å². The van der Waals surface area contributed by atoms with Crippen molar-refractivity contribution in [3.05, 3.63) is 22.3 Å². The maximum absolute atomic E-state index is 12.1. The minimum absolute atomic E-state index is 0.0831. The molecule has 0 N–H and O–H groups in total. The third kappa shape index (κ3) is 2.85. The minimum atomic E-state index is -0.215. The quantitative estimate of drug-likeness (QED) is 0.633. The van der Waals surface area contributed by atoms with Crippen LogP contribution in [0.5, 0.6) is 11.5 Å². The Kier molecular flexibility index (Phi) is 4.13. The van der Waals surface area contributed by atoms with Crippen LogP contribution in [-0.4, -0.2) is 37.1 Å². The summed E-state index contributed by atoms with van der Waals surface area (Å²) in [5.41, 5.74) is 4.50. The van der Waals surface area contributed by atoms with E-state index in [1.807, 2.05) is 32.8 Å². The van der Waals surface area contributed by atoms with Crippen molar-refractivity contribution in [2.24, 2.45) is 0 Å². The number of hydrogen-bond donors (Lipinski definition) is 0. The molecule has 0 unspecified atom stereocenters. The van der Waals surface area contributed by atoms with Gasteiger partial charge in [0.2, 0.25) is 0 Å². The number of hydrogen-bond acceptors (Lipinski definition) is 4. The largest absolute Gasteiger partial charge is 0.487 e. The summed E-state index contributed by atoms with van der Waals surface area (Å²) in [6.07, 6.45) is 5.70. The summed E-state index contributed by atoms with van der Waals surface area (Å²) in [4.78, 5) is 13.9. The second-order valence-electron chi connectivity index (χ2n) is 7.36. The predicted octanol–water partition coefficient (Wildman–Crippen LogP) is 3.33. The lowest BCUT2D eigenvalue weighted by Gasteiger charge is -2.46. The molecule has 1 aromatic carbocycles. The van der Waals surface area contributed by atoms with E-state index in [0.29, 0.717) is 0 Å². The Morgan fingerprint density at radius 3 is 2.39 bits per heavy atom. The van der Waals surface area contributed by atoms with Crippen LogP contribution < -0.4 is 9.47 Å². The molecule has 1 fully saturated rings. The predicted molar refractivity (Wildman–Crippen MR) is 90.4 cm³/mol. The Morgan fingerprint density at radius 1 is 1.13 bits per heavy atom. The van der Waals surface area contributed by atoms with Crippen LogP contribution in [0.4, 0.5) is 0 Å². The van der Waals surface area contributed by atoms with Gasteiger partial charge in [-0.3, -0.25) is 9.69 Å². The Labute approximate surface area is 138 Å². The molecule has 0 atom stereocenters. The van der Waals surface area contributed by atoms with Gasteiger partial charge >= 0.3 is 5.97 Å². The first-order valence-electron chi connectivity index (χ1n) is 8.50. The average molecular weight is 317 g/mol.